The largest absolute Gasteiger partial charge is 0.430 e. The van der Waals surface area contributed by atoms with Crippen molar-refractivity contribution in [3.8, 4) is 0 Å². The summed E-state index contributed by atoms with van der Waals surface area (Å²) in [5.74, 6) is 0. The lowest BCUT2D eigenvalue weighted by molar-refractivity contribution is 0.484. The van der Waals surface area contributed by atoms with Crippen molar-refractivity contribution in [1.29, 1.82) is 0 Å². The maximum atomic E-state index is 14.1. The maximum absolute atomic E-state index is 14.1. The van der Waals surface area contributed by atoms with E-state index in [1.807, 2.05) is 0 Å². The van der Waals surface area contributed by atoms with Crippen molar-refractivity contribution in [3.63, 3.8) is 0 Å². The van der Waals surface area contributed by atoms with Crippen LogP contribution in [0.15, 0.2) is 0 Å². The van der Waals surface area contributed by atoms with E-state index < -0.39 is 8.74 Å². The van der Waals surface area contributed by atoms with Gasteiger partial charge in [0.25, 0.3) is 0 Å². The van der Waals surface area contributed by atoms with Crippen molar-refractivity contribution in [2.75, 3.05) is 0 Å². The SMILES string of the molecule is CCCCCC(C)[Si](F)(F)C1CCCC1. The monoisotopic (exact) mass is 234 g/mol. The highest BCUT2D eigenvalue weighted by Gasteiger charge is 2.49. The van der Waals surface area contributed by atoms with Crippen molar-refractivity contribution >= 4 is 8.74 Å². The molecule has 1 saturated carbocycles. The lowest BCUT2D eigenvalue weighted by Crippen LogP contribution is -2.33. The summed E-state index contributed by atoms with van der Waals surface area (Å²) in [5, 5.41) is 0. The van der Waals surface area contributed by atoms with E-state index in [2.05, 4.69) is 6.92 Å². The zero-order valence-corrected chi connectivity index (χ0v) is 11.1. The number of unbranched alkanes of at least 4 members (excludes halogenated alkanes) is 2. The molecule has 0 aromatic heterocycles. The summed E-state index contributed by atoms with van der Waals surface area (Å²) in [6.07, 6.45) is 7.66. The summed E-state index contributed by atoms with van der Waals surface area (Å²) in [6.45, 7) is 3.91. The molecule has 3 heteroatoms. The van der Waals surface area contributed by atoms with E-state index >= 15 is 0 Å². The molecular weight excluding hydrogens is 210 g/mol. The minimum absolute atomic E-state index is 0.186. The molecule has 1 rings (SSSR count). The van der Waals surface area contributed by atoms with Crippen LogP contribution < -0.4 is 0 Å². The number of hydrogen-bond donors (Lipinski definition) is 0. The Balaban J connectivity index is 2.37. The first-order valence-corrected chi connectivity index (χ1v) is 8.38. The molecule has 0 nitrogen and oxygen atoms in total. The predicted octanol–water partition coefficient (Wildman–Crippen LogP) is 5.28. The number of hydrogen-bond acceptors (Lipinski definition) is 0. The molecule has 1 aliphatic rings. The van der Waals surface area contributed by atoms with Crippen LogP contribution in [-0.4, -0.2) is 8.74 Å². The molecule has 0 spiro atoms. The average Bonchev–Trinajstić information content (AvgIpc) is 2.71. The van der Waals surface area contributed by atoms with Crippen LogP contribution in [-0.2, 0) is 0 Å². The normalized spacial score (nSPS) is 20.8. The zero-order valence-electron chi connectivity index (χ0n) is 10.1. The van der Waals surface area contributed by atoms with Crippen LogP contribution in [0.1, 0.15) is 65.2 Å². The molecule has 1 atom stereocenters. The minimum atomic E-state index is -3.92. The van der Waals surface area contributed by atoms with Gasteiger partial charge in [-0.15, -0.1) is 0 Å². The van der Waals surface area contributed by atoms with Crippen molar-refractivity contribution in [2.24, 2.45) is 0 Å². The van der Waals surface area contributed by atoms with Gasteiger partial charge in [-0.3, -0.25) is 8.22 Å². The van der Waals surface area contributed by atoms with E-state index in [-0.39, 0.29) is 11.1 Å². The Morgan fingerprint density at radius 2 is 1.80 bits per heavy atom. The molecule has 0 aliphatic heterocycles. The molecular formula is C12H24F2Si. The third-order valence-corrected chi connectivity index (χ3v) is 7.07. The Labute approximate surface area is 93.8 Å². The van der Waals surface area contributed by atoms with Gasteiger partial charge in [-0.2, -0.15) is 0 Å². The van der Waals surface area contributed by atoms with E-state index in [1.54, 1.807) is 6.92 Å². The van der Waals surface area contributed by atoms with Gasteiger partial charge in [-0.05, 0) is 19.3 Å². The molecule has 0 bridgehead atoms. The van der Waals surface area contributed by atoms with Gasteiger partial charge in [0, 0.05) is 11.1 Å². The quantitative estimate of drug-likeness (QED) is 0.333. The van der Waals surface area contributed by atoms with Gasteiger partial charge in [0.2, 0.25) is 0 Å². The van der Waals surface area contributed by atoms with Gasteiger partial charge in [0.05, 0.1) is 0 Å². The molecule has 0 N–H and O–H groups in total. The third kappa shape index (κ3) is 3.54. The first kappa shape index (κ1) is 13.1. The summed E-state index contributed by atoms with van der Waals surface area (Å²) < 4.78 is 28.2. The van der Waals surface area contributed by atoms with Gasteiger partial charge in [-0.25, -0.2) is 0 Å². The van der Waals surface area contributed by atoms with E-state index in [9.17, 15) is 8.22 Å². The third-order valence-electron chi connectivity index (χ3n) is 3.80. The molecule has 0 radical (unpaired) electrons. The Morgan fingerprint density at radius 3 is 2.33 bits per heavy atom. The standard InChI is InChI=1S/C12H24F2Si/c1-3-4-5-8-11(2)15(13,14)12-9-6-7-10-12/h11-12H,3-10H2,1-2H3. The second-order valence-electron chi connectivity index (χ2n) is 5.05. The van der Waals surface area contributed by atoms with Gasteiger partial charge in [0.1, 0.15) is 0 Å². The van der Waals surface area contributed by atoms with Crippen molar-refractivity contribution < 1.29 is 8.22 Å². The summed E-state index contributed by atoms with van der Waals surface area (Å²) in [5.41, 5.74) is -0.471. The zero-order chi connectivity index (χ0) is 11.3. The van der Waals surface area contributed by atoms with Crippen LogP contribution in [0.4, 0.5) is 8.22 Å². The highest BCUT2D eigenvalue weighted by atomic mass is 28.4. The van der Waals surface area contributed by atoms with Gasteiger partial charge in [0.15, 0.2) is 0 Å². The predicted molar refractivity (Wildman–Crippen MR) is 63.8 cm³/mol. The molecule has 1 unspecified atom stereocenters. The molecule has 1 aliphatic carbocycles. The molecule has 0 saturated heterocycles. The molecule has 15 heavy (non-hydrogen) atoms. The van der Waals surface area contributed by atoms with Crippen LogP contribution in [0.25, 0.3) is 0 Å². The van der Waals surface area contributed by atoms with Crippen LogP contribution in [0, 0.1) is 0 Å². The summed E-state index contributed by atoms with van der Waals surface area (Å²) in [7, 11) is -3.92. The van der Waals surface area contributed by atoms with Crippen molar-refractivity contribution in [3.05, 3.63) is 0 Å². The lowest BCUT2D eigenvalue weighted by Gasteiger charge is -2.25. The van der Waals surface area contributed by atoms with E-state index in [0.29, 0.717) is 0 Å². The molecule has 0 heterocycles. The maximum Gasteiger partial charge on any atom is 0.430 e. The summed E-state index contributed by atoms with van der Waals surface area (Å²) in [6, 6.07) is 0. The molecule has 0 amide bonds. The fraction of sp³-hybridized carbons (Fsp3) is 1.00. The van der Waals surface area contributed by atoms with E-state index in [0.717, 1.165) is 51.4 Å². The Hall–Kier alpha value is 0.0769. The molecule has 90 valence electrons. The van der Waals surface area contributed by atoms with Crippen LogP contribution in [0.5, 0.6) is 0 Å². The average molecular weight is 234 g/mol. The minimum Gasteiger partial charge on any atom is -0.270 e. The Bertz CT molecular complexity index is 176. The topological polar surface area (TPSA) is 0 Å². The van der Waals surface area contributed by atoms with Crippen LogP contribution in [0.2, 0.25) is 11.1 Å². The van der Waals surface area contributed by atoms with Gasteiger partial charge < -0.3 is 0 Å². The van der Waals surface area contributed by atoms with Crippen LogP contribution >= 0.6 is 0 Å². The Morgan fingerprint density at radius 1 is 1.20 bits per heavy atom. The Kier molecular flexibility index (Phi) is 5.23. The van der Waals surface area contributed by atoms with E-state index in [4.69, 9.17) is 0 Å². The fourth-order valence-corrected chi connectivity index (χ4v) is 5.18. The molecule has 1 fully saturated rings. The van der Waals surface area contributed by atoms with E-state index in [1.165, 1.54) is 0 Å². The van der Waals surface area contributed by atoms with Crippen LogP contribution in [0.3, 0.4) is 0 Å². The number of halogens is 2. The summed E-state index contributed by atoms with van der Waals surface area (Å²) in [4.78, 5) is 0. The van der Waals surface area contributed by atoms with Crippen molar-refractivity contribution in [1.82, 2.24) is 0 Å². The highest BCUT2D eigenvalue weighted by Crippen LogP contribution is 2.47. The first-order valence-electron chi connectivity index (χ1n) is 6.46. The fourth-order valence-electron chi connectivity index (χ4n) is 2.61. The van der Waals surface area contributed by atoms with Gasteiger partial charge in [-0.1, -0.05) is 46.0 Å². The highest BCUT2D eigenvalue weighted by molar-refractivity contribution is 6.69. The molecule has 0 aromatic carbocycles. The molecule has 0 aromatic rings. The lowest BCUT2D eigenvalue weighted by atomic mass is 10.2. The second kappa shape index (κ2) is 5.97. The second-order valence-corrected chi connectivity index (χ2v) is 8.20. The summed E-state index contributed by atoms with van der Waals surface area (Å²) >= 11 is 0. The van der Waals surface area contributed by atoms with Gasteiger partial charge >= 0.3 is 8.74 Å². The number of rotatable bonds is 6. The first-order chi connectivity index (χ1) is 7.09. The smallest absolute Gasteiger partial charge is 0.270 e. The van der Waals surface area contributed by atoms with Crippen molar-refractivity contribution in [2.45, 2.75) is 76.3 Å².